The number of hydrogen-bond acceptors (Lipinski definition) is 4. The van der Waals surface area contributed by atoms with Crippen molar-refractivity contribution in [3.63, 3.8) is 0 Å². The van der Waals surface area contributed by atoms with Crippen molar-refractivity contribution in [1.29, 1.82) is 0 Å². The van der Waals surface area contributed by atoms with Crippen LogP contribution >= 0.6 is 11.6 Å². The van der Waals surface area contributed by atoms with E-state index in [1.165, 1.54) is 12.8 Å². The molecule has 1 saturated heterocycles. The highest BCUT2D eigenvalue weighted by Crippen LogP contribution is 2.15. The van der Waals surface area contributed by atoms with E-state index in [-0.39, 0.29) is 0 Å². The van der Waals surface area contributed by atoms with Crippen LogP contribution in [-0.4, -0.2) is 29.3 Å². The lowest BCUT2D eigenvalue weighted by Crippen LogP contribution is -2.38. The molecule has 0 amide bonds. The van der Waals surface area contributed by atoms with Gasteiger partial charge in [-0.05, 0) is 37.9 Å². The summed E-state index contributed by atoms with van der Waals surface area (Å²) in [6.45, 7) is 4.04. The number of halogens is 1. The molecule has 1 atom stereocenters. The SMILES string of the molecule is Cc1cc(N[C@@H]2CCCNC2)nnc1Cl. The third-order valence-corrected chi connectivity index (χ3v) is 2.95. The Hall–Kier alpha value is -0.870. The van der Waals surface area contributed by atoms with E-state index in [1.807, 2.05) is 13.0 Å². The lowest BCUT2D eigenvalue weighted by molar-refractivity contribution is 0.478. The first-order chi connectivity index (χ1) is 7.25. The largest absolute Gasteiger partial charge is 0.365 e. The van der Waals surface area contributed by atoms with Gasteiger partial charge in [0.2, 0.25) is 0 Å². The van der Waals surface area contributed by atoms with Crippen LogP contribution in [0.3, 0.4) is 0 Å². The third kappa shape index (κ3) is 2.79. The summed E-state index contributed by atoms with van der Waals surface area (Å²) in [7, 11) is 0. The van der Waals surface area contributed by atoms with Crippen molar-refractivity contribution in [2.45, 2.75) is 25.8 Å². The Morgan fingerprint density at radius 3 is 3.07 bits per heavy atom. The molecular formula is C10H15ClN4. The molecule has 2 heterocycles. The molecule has 5 heteroatoms. The molecule has 15 heavy (non-hydrogen) atoms. The fourth-order valence-electron chi connectivity index (χ4n) is 1.72. The number of piperidine rings is 1. The first-order valence-corrected chi connectivity index (χ1v) is 5.60. The predicted octanol–water partition coefficient (Wildman–Crippen LogP) is 1.60. The average Bonchev–Trinajstić information content (AvgIpc) is 2.25. The topological polar surface area (TPSA) is 49.8 Å². The normalized spacial score (nSPS) is 21.3. The quantitative estimate of drug-likeness (QED) is 0.805. The summed E-state index contributed by atoms with van der Waals surface area (Å²) in [5.41, 5.74) is 0.956. The highest BCUT2D eigenvalue weighted by atomic mass is 35.5. The van der Waals surface area contributed by atoms with Gasteiger partial charge in [-0.2, -0.15) is 0 Å². The Kier molecular flexibility index (Phi) is 3.38. The monoisotopic (exact) mass is 226 g/mol. The van der Waals surface area contributed by atoms with Crippen molar-refractivity contribution in [3.8, 4) is 0 Å². The van der Waals surface area contributed by atoms with Crippen molar-refractivity contribution < 1.29 is 0 Å². The Balaban J connectivity index is 2.00. The van der Waals surface area contributed by atoms with Crippen LogP contribution in [0.2, 0.25) is 5.15 Å². The summed E-state index contributed by atoms with van der Waals surface area (Å²) in [5, 5.41) is 15.1. The molecule has 1 aliphatic heterocycles. The van der Waals surface area contributed by atoms with Crippen LogP contribution < -0.4 is 10.6 Å². The van der Waals surface area contributed by atoms with Gasteiger partial charge < -0.3 is 10.6 Å². The van der Waals surface area contributed by atoms with Crippen LogP contribution in [-0.2, 0) is 0 Å². The second kappa shape index (κ2) is 4.77. The molecule has 82 valence electrons. The first kappa shape index (κ1) is 10.6. The maximum absolute atomic E-state index is 5.81. The van der Waals surface area contributed by atoms with Gasteiger partial charge in [-0.3, -0.25) is 0 Å². The van der Waals surface area contributed by atoms with E-state index < -0.39 is 0 Å². The molecule has 0 bridgehead atoms. The van der Waals surface area contributed by atoms with Crippen molar-refractivity contribution in [1.82, 2.24) is 15.5 Å². The van der Waals surface area contributed by atoms with E-state index >= 15 is 0 Å². The van der Waals surface area contributed by atoms with Gasteiger partial charge in [-0.15, -0.1) is 10.2 Å². The van der Waals surface area contributed by atoms with Crippen LogP contribution in [0.25, 0.3) is 0 Å². The van der Waals surface area contributed by atoms with Gasteiger partial charge in [-0.25, -0.2) is 0 Å². The Bertz CT molecular complexity index is 336. The van der Waals surface area contributed by atoms with Gasteiger partial charge in [-0.1, -0.05) is 11.6 Å². The first-order valence-electron chi connectivity index (χ1n) is 5.23. The van der Waals surface area contributed by atoms with E-state index in [2.05, 4.69) is 20.8 Å². The summed E-state index contributed by atoms with van der Waals surface area (Å²) in [4.78, 5) is 0. The van der Waals surface area contributed by atoms with Crippen molar-refractivity contribution >= 4 is 17.4 Å². The molecule has 1 aromatic heterocycles. The zero-order valence-electron chi connectivity index (χ0n) is 8.76. The van der Waals surface area contributed by atoms with E-state index in [9.17, 15) is 0 Å². The number of anilines is 1. The van der Waals surface area contributed by atoms with E-state index in [0.717, 1.165) is 24.5 Å². The molecule has 0 aromatic carbocycles. The fourth-order valence-corrected chi connectivity index (χ4v) is 1.82. The van der Waals surface area contributed by atoms with Crippen LogP contribution in [0.1, 0.15) is 18.4 Å². The van der Waals surface area contributed by atoms with Crippen LogP contribution in [0.15, 0.2) is 6.07 Å². The molecule has 1 fully saturated rings. The molecule has 1 aliphatic rings. The lowest BCUT2D eigenvalue weighted by atomic mass is 10.1. The number of aromatic nitrogens is 2. The minimum absolute atomic E-state index is 0.452. The third-order valence-electron chi connectivity index (χ3n) is 2.57. The molecule has 2 rings (SSSR count). The fraction of sp³-hybridized carbons (Fsp3) is 0.600. The molecule has 0 radical (unpaired) electrons. The van der Waals surface area contributed by atoms with Gasteiger partial charge >= 0.3 is 0 Å². The molecule has 0 saturated carbocycles. The molecule has 0 unspecified atom stereocenters. The maximum Gasteiger partial charge on any atom is 0.154 e. The second-order valence-electron chi connectivity index (χ2n) is 3.89. The lowest BCUT2D eigenvalue weighted by Gasteiger charge is -2.24. The van der Waals surface area contributed by atoms with Crippen LogP contribution in [0.4, 0.5) is 5.82 Å². The highest BCUT2D eigenvalue weighted by molar-refractivity contribution is 6.30. The number of nitrogens with one attached hydrogen (secondary N) is 2. The van der Waals surface area contributed by atoms with Gasteiger partial charge in [0.1, 0.15) is 5.82 Å². The van der Waals surface area contributed by atoms with Gasteiger partial charge in [0.25, 0.3) is 0 Å². The molecular weight excluding hydrogens is 212 g/mol. The average molecular weight is 227 g/mol. The molecule has 2 N–H and O–H groups in total. The minimum Gasteiger partial charge on any atom is -0.365 e. The highest BCUT2D eigenvalue weighted by Gasteiger charge is 2.13. The zero-order valence-corrected chi connectivity index (χ0v) is 9.51. The van der Waals surface area contributed by atoms with Gasteiger partial charge in [0.05, 0.1) is 0 Å². The second-order valence-corrected chi connectivity index (χ2v) is 4.25. The van der Waals surface area contributed by atoms with Crippen molar-refractivity contribution in [3.05, 3.63) is 16.8 Å². The molecule has 0 aliphatic carbocycles. The van der Waals surface area contributed by atoms with Crippen LogP contribution in [0.5, 0.6) is 0 Å². The minimum atomic E-state index is 0.452. The zero-order chi connectivity index (χ0) is 10.7. The molecule has 4 nitrogen and oxygen atoms in total. The smallest absolute Gasteiger partial charge is 0.154 e. The number of aryl methyl sites for hydroxylation is 1. The van der Waals surface area contributed by atoms with Crippen LogP contribution in [0, 0.1) is 6.92 Å². The summed E-state index contributed by atoms with van der Waals surface area (Å²) >= 11 is 5.81. The summed E-state index contributed by atoms with van der Waals surface area (Å²) in [6.07, 6.45) is 2.38. The van der Waals surface area contributed by atoms with Crippen molar-refractivity contribution in [2.24, 2.45) is 0 Å². The van der Waals surface area contributed by atoms with E-state index in [4.69, 9.17) is 11.6 Å². The van der Waals surface area contributed by atoms with Gasteiger partial charge in [0.15, 0.2) is 5.15 Å². The Morgan fingerprint density at radius 2 is 2.40 bits per heavy atom. The molecule has 0 spiro atoms. The number of hydrogen-bond donors (Lipinski definition) is 2. The molecule has 1 aromatic rings. The summed E-state index contributed by atoms with van der Waals surface area (Å²) < 4.78 is 0. The number of nitrogens with zero attached hydrogens (tertiary/aromatic N) is 2. The maximum atomic E-state index is 5.81. The standard InChI is InChI=1S/C10H15ClN4/c1-7-5-9(14-15-10(7)11)13-8-3-2-4-12-6-8/h5,8,12H,2-4,6H2,1H3,(H,13,14)/t8-/m1/s1. The van der Waals surface area contributed by atoms with E-state index in [0.29, 0.717) is 11.2 Å². The Labute approximate surface area is 94.4 Å². The van der Waals surface area contributed by atoms with Gasteiger partial charge in [0, 0.05) is 12.6 Å². The predicted molar refractivity (Wildman–Crippen MR) is 61.3 cm³/mol. The van der Waals surface area contributed by atoms with E-state index in [1.54, 1.807) is 0 Å². The number of rotatable bonds is 2. The summed E-state index contributed by atoms with van der Waals surface area (Å²) in [6, 6.07) is 2.39. The summed E-state index contributed by atoms with van der Waals surface area (Å²) in [5.74, 6) is 0.811. The van der Waals surface area contributed by atoms with Crippen molar-refractivity contribution in [2.75, 3.05) is 18.4 Å². The Morgan fingerprint density at radius 1 is 1.53 bits per heavy atom.